The summed E-state index contributed by atoms with van der Waals surface area (Å²) in [6.07, 6.45) is 1.10. The Balaban J connectivity index is 1.82. The number of hydrogen-bond acceptors (Lipinski definition) is 7. The van der Waals surface area contributed by atoms with Crippen molar-refractivity contribution >= 4 is 17.8 Å². The molecule has 0 unspecified atom stereocenters. The average Bonchev–Trinajstić information content (AvgIpc) is 2.90. The Labute approximate surface area is 133 Å². The fraction of sp³-hybridized carbons (Fsp3) is 0.600. The minimum atomic E-state index is -0.626. The third-order valence-electron chi connectivity index (χ3n) is 3.95. The lowest BCUT2D eigenvalue weighted by atomic mass is 9.97. The second-order valence-electron chi connectivity index (χ2n) is 5.45. The molecule has 1 aliphatic rings. The highest BCUT2D eigenvalue weighted by atomic mass is 16.5. The minimum absolute atomic E-state index is 0.172. The molecule has 8 nitrogen and oxygen atoms in total. The van der Waals surface area contributed by atoms with Crippen molar-refractivity contribution in [3.05, 3.63) is 17.0 Å². The lowest BCUT2D eigenvalue weighted by molar-refractivity contribution is -0.149. The molecule has 1 aliphatic heterocycles. The first-order chi connectivity index (χ1) is 10.9. The van der Waals surface area contributed by atoms with Crippen molar-refractivity contribution in [1.82, 2.24) is 10.1 Å². The molecule has 1 fully saturated rings. The molecule has 2 heterocycles. The highest BCUT2D eigenvalue weighted by Crippen LogP contribution is 2.19. The van der Waals surface area contributed by atoms with E-state index in [2.05, 4.69) is 5.16 Å². The van der Waals surface area contributed by atoms with Gasteiger partial charge in [0.1, 0.15) is 11.3 Å². The van der Waals surface area contributed by atoms with E-state index >= 15 is 0 Å². The van der Waals surface area contributed by atoms with Gasteiger partial charge in [-0.2, -0.15) is 0 Å². The molecule has 0 atom stereocenters. The molecule has 1 aromatic rings. The van der Waals surface area contributed by atoms with Crippen molar-refractivity contribution in [2.24, 2.45) is 5.92 Å². The van der Waals surface area contributed by atoms with Crippen LogP contribution in [0.15, 0.2) is 4.52 Å². The molecular formula is C15H20N2O6. The van der Waals surface area contributed by atoms with E-state index < -0.39 is 5.97 Å². The number of carbonyl (C=O) groups excluding carboxylic acids is 3. The van der Waals surface area contributed by atoms with E-state index in [4.69, 9.17) is 14.0 Å². The summed E-state index contributed by atoms with van der Waals surface area (Å²) in [6, 6.07) is 0. The van der Waals surface area contributed by atoms with Crippen LogP contribution in [0.4, 0.5) is 0 Å². The smallest absolute Gasteiger partial charge is 0.344 e. The predicted octanol–water partition coefficient (Wildman–Crippen LogP) is 0.860. The summed E-state index contributed by atoms with van der Waals surface area (Å²) in [7, 11) is 1.36. The number of ether oxygens (including phenoxy) is 2. The fourth-order valence-electron chi connectivity index (χ4n) is 2.60. The van der Waals surface area contributed by atoms with Crippen LogP contribution in [-0.2, 0) is 19.1 Å². The maximum Gasteiger partial charge on any atom is 0.344 e. The molecule has 23 heavy (non-hydrogen) atoms. The van der Waals surface area contributed by atoms with Gasteiger partial charge in [-0.3, -0.25) is 9.59 Å². The van der Waals surface area contributed by atoms with Crippen LogP contribution < -0.4 is 0 Å². The third kappa shape index (κ3) is 3.88. The van der Waals surface area contributed by atoms with E-state index in [1.165, 1.54) is 7.11 Å². The molecule has 0 bridgehead atoms. The molecule has 2 rings (SSSR count). The number of hydrogen-bond donors (Lipinski definition) is 0. The third-order valence-corrected chi connectivity index (χ3v) is 3.95. The maximum atomic E-state index is 12.1. The summed E-state index contributed by atoms with van der Waals surface area (Å²) in [6.45, 7) is 3.79. The maximum absolute atomic E-state index is 12.1. The van der Waals surface area contributed by atoms with E-state index in [1.54, 1.807) is 18.7 Å². The van der Waals surface area contributed by atoms with E-state index in [1.807, 2.05) is 0 Å². The van der Waals surface area contributed by atoms with E-state index in [0.29, 0.717) is 37.4 Å². The van der Waals surface area contributed by atoms with Gasteiger partial charge in [-0.05, 0) is 26.7 Å². The Bertz CT molecular complexity index is 582. The lowest BCUT2D eigenvalue weighted by Gasteiger charge is -2.30. The number of esters is 2. The quantitative estimate of drug-likeness (QED) is 0.757. The molecule has 0 aromatic carbocycles. The van der Waals surface area contributed by atoms with E-state index in [9.17, 15) is 14.4 Å². The first-order valence-corrected chi connectivity index (χ1v) is 7.39. The number of aromatic nitrogens is 1. The molecule has 0 N–H and O–H groups in total. The zero-order valence-electron chi connectivity index (χ0n) is 13.5. The molecule has 0 aliphatic carbocycles. The summed E-state index contributed by atoms with van der Waals surface area (Å²) < 4.78 is 14.6. The number of methoxy groups -OCH3 is 1. The van der Waals surface area contributed by atoms with Gasteiger partial charge in [0.15, 0.2) is 6.61 Å². The summed E-state index contributed by atoms with van der Waals surface area (Å²) >= 11 is 0. The summed E-state index contributed by atoms with van der Waals surface area (Å²) in [5, 5.41) is 3.67. The molecule has 0 saturated carbocycles. The molecular weight excluding hydrogens is 304 g/mol. The number of rotatable bonds is 4. The number of nitrogens with zero attached hydrogens (tertiary/aromatic N) is 2. The summed E-state index contributed by atoms with van der Waals surface area (Å²) in [4.78, 5) is 37.1. The molecule has 0 spiro atoms. The van der Waals surface area contributed by atoms with Gasteiger partial charge in [-0.15, -0.1) is 0 Å². The Hall–Kier alpha value is -2.38. The number of carbonyl (C=O) groups is 3. The van der Waals surface area contributed by atoms with Crippen LogP contribution in [0, 0.1) is 19.8 Å². The standard InChI is InChI=1S/C15H20N2O6/c1-9-13(10(2)23-16-9)15(20)22-8-12(18)17-6-4-11(5-7-17)14(19)21-3/h11H,4-8H2,1-3H3. The highest BCUT2D eigenvalue weighted by molar-refractivity contribution is 5.93. The molecule has 1 aromatic heterocycles. The molecule has 0 radical (unpaired) electrons. The van der Waals surface area contributed by atoms with Crippen LogP contribution in [0.5, 0.6) is 0 Å². The van der Waals surface area contributed by atoms with Gasteiger partial charge in [0.05, 0.1) is 18.7 Å². The van der Waals surface area contributed by atoms with E-state index in [0.717, 1.165) is 0 Å². The van der Waals surface area contributed by atoms with Crippen molar-refractivity contribution in [2.45, 2.75) is 26.7 Å². The van der Waals surface area contributed by atoms with Gasteiger partial charge in [0.25, 0.3) is 5.91 Å². The first-order valence-electron chi connectivity index (χ1n) is 7.39. The lowest BCUT2D eigenvalue weighted by Crippen LogP contribution is -2.42. The van der Waals surface area contributed by atoms with Crippen LogP contribution in [0.25, 0.3) is 0 Å². The van der Waals surface area contributed by atoms with Gasteiger partial charge >= 0.3 is 11.9 Å². The second-order valence-corrected chi connectivity index (χ2v) is 5.45. The molecule has 8 heteroatoms. The van der Waals surface area contributed by atoms with Gasteiger partial charge in [-0.1, -0.05) is 5.16 Å². The number of piperidine rings is 1. The average molecular weight is 324 g/mol. The Morgan fingerprint density at radius 1 is 1.26 bits per heavy atom. The second kappa shape index (κ2) is 7.26. The van der Waals surface area contributed by atoms with Crippen LogP contribution in [-0.4, -0.2) is 54.7 Å². The van der Waals surface area contributed by atoms with Gasteiger partial charge in [0, 0.05) is 13.1 Å². The zero-order valence-corrected chi connectivity index (χ0v) is 13.5. The van der Waals surface area contributed by atoms with Gasteiger partial charge < -0.3 is 18.9 Å². The van der Waals surface area contributed by atoms with E-state index in [-0.39, 0.29) is 30.0 Å². The number of aryl methyl sites for hydroxylation is 2. The van der Waals surface area contributed by atoms with Crippen LogP contribution in [0.3, 0.4) is 0 Å². The van der Waals surface area contributed by atoms with Crippen LogP contribution >= 0.6 is 0 Å². The normalized spacial score (nSPS) is 15.3. The van der Waals surface area contributed by atoms with Gasteiger partial charge in [0.2, 0.25) is 0 Å². The molecule has 1 amide bonds. The van der Waals surface area contributed by atoms with Crippen molar-refractivity contribution in [3.8, 4) is 0 Å². The molecule has 1 saturated heterocycles. The molecule has 126 valence electrons. The SMILES string of the molecule is COC(=O)C1CCN(C(=O)COC(=O)c2c(C)noc2C)CC1. The fourth-order valence-corrected chi connectivity index (χ4v) is 2.60. The Morgan fingerprint density at radius 2 is 1.91 bits per heavy atom. The van der Waals surface area contributed by atoms with Crippen LogP contribution in [0.2, 0.25) is 0 Å². The topological polar surface area (TPSA) is 98.9 Å². The number of likely N-dealkylation sites (tertiary alicyclic amines) is 1. The largest absolute Gasteiger partial charge is 0.469 e. The minimum Gasteiger partial charge on any atom is -0.469 e. The van der Waals surface area contributed by atoms with Crippen molar-refractivity contribution in [3.63, 3.8) is 0 Å². The van der Waals surface area contributed by atoms with Gasteiger partial charge in [-0.25, -0.2) is 4.79 Å². The highest BCUT2D eigenvalue weighted by Gasteiger charge is 2.28. The van der Waals surface area contributed by atoms with Crippen LogP contribution in [0.1, 0.15) is 34.7 Å². The predicted molar refractivity (Wildman–Crippen MR) is 77.6 cm³/mol. The Kier molecular flexibility index (Phi) is 5.36. The number of amides is 1. The van der Waals surface area contributed by atoms with Crippen molar-refractivity contribution in [2.75, 3.05) is 26.8 Å². The van der Waals surface area contributed by atoms with Crippen molar-refractivity contribution in [1.29, 1.82) is 0 Å². The summed E-state index contributed by atoms with van der Waals surface area (Å²) in [5.74, 6) is -0.970. The first kappa shape index (κ1) is 17.0. The monoisotopic (exact) mass is 324 g/mol. The zero-order chi connectivity index (χ0) is 17.0. The summed E-state index contributed by atoms with van der Waals surface area (Å²) in [5.41, 5.74) is 0.682. The van der Waals surface area contributed by atoms with Crippen molar-refractivity contribution < 1.29 is 28.4 Å². The Morgan fingerprint density at radius 3 is 2.43 bits per heavy atom.